The lowest BCUT2D eigenvalue weighted by Gasteiger charge is -2.27. The van der Waals surface area contributed by atoms with Gasteiger partial charge in [0.15, 0.2) is 23.0 Å². The third-order valence-electron chi connectivity index (χ3n) is 9.72. The minimum atomic E-state index is -3.70. The van der Waals surface area contributed by atoms with Gasteiger partial charge < -0.3 is 29.6 Å². The van der Waals surface area contributed by atoms with Crippen molar-refractivity contribution in [1.82, 2.24) is 9.80 Å². The van der Waals surface area contributed by atoms with Gasteiger partial charge in [-0.1, -0.05) is 31.7 Å². The summed E-state index contributed by atoms with van der Waals surface area (Å²) in [5.74, 6) is -3.75. The summed E-state index contributed by atoms with van der Waals surface area (Å²) in [6.07, 6.45) is 2.01. The molecule has 18 nitrogen and oxygen atoms in total. The molecule has 2 unspecified atom stereocenters. The van der Waals surface area contributed by atoms with Crippen LogP contribution in [0.2, 0.25) is 0 Å². The number of nitrogens with one attached hydrogen (secondary N) is 2. The molecule has 2 aliphatic rings. The second kappa shape index (κ2) is 20.8. The monoisotopic (exact) mass is 938 g/mol. The Bertz CT molecular complexity index is 2850. The van der Waals surface area contributed by atoms with Crippen molar-refractivity contribution in [3.63, 3.8) is 0 Å². The molecular weight excluding hydrogens is 885 g/mol. The molecule has 2 N–H and O–H groups in total. The Morgan fingerprint density at radius 2 is 1.00 bits per heavy atom. The SMILES string of the molecule is C.CCOc1cc(C(CS(C)(=O)=O)N2C(=O)c3cccc(NC(C)=O)c3C2=O)ccc1OC.[2H]C([2H])(C)Oc1cc(C(CS(C)(=O)=O)N2C(=O)c3cccc(NC(C)=O)c3C2=O)ccc1OC. The van der Waals surface area contributed by atoms with Gasteiger partial charge in [-0.3, -0.25) is 38.6 Å². The zero-order chi connectivity index (χ0) is 49.1. The molecule has 6 amide bonds. The van der Waals surface area contributed by atoms with Crippen LogP contribution >= 0.6 is 0 Å². The Kier molecular flexibility index (Phi) is 15.3. The lowest BCUT2D eigenvalue weighted by Crippen LogP contribution is -2.37. The molecule has 4 aromatic carbocycles. The predicted molar refractivity (Wildman–Crippen MR) is 242 cm³/mol. The molecule has 6 rings (SSSR count). The van der Waals surface area contributed by atoms with Crippen molar-refractivity contribution >= 4 is 66.5 Å². The Morgan fingerprint density at radius 3 is 1.32 bits per heavy atom. The van der Waals surface area contributed by atoms with Gasteiger partial charge in [-0.15, -0.1) is 0 Å². The number of sulfone groups is 2. The van der Waals surface area contributed by atoms with Gasteiger partial charge in [0.05, 0.1) is 87.3 Å². The van der Waals surface area contributed by atoms with Crippen LogP contribution < -0.4 is 29.6 Å². The topological polar surface area (TPSA) is 238 Å². The largest absolute Gasteiger partial charge is 0.493 e. The fourth-order valence-electron chi connectivity index (χ4n) is 7.23. The molecule has 65 heavy (non-hydrogen) atoms. The molecule has 0 fully saturated rings. The van der Waals surface area contributed by atoms with Crippen LogP contribution in [-0.2, 0) is 29.3 Å². The molecule has 4 aromatic rings. The summed E-state index contributed by atoms with van der Waals surface area (Å²) in [6, 6.07) is 15.6. The first kappa shape index (κ1) is 47.7. The molecule has 2 aliphatic heterocycles. The van der Waals surface area contributed by atoms with E-state index >= 15 is 0 Å². The molecule has 0 radical (unpaired) electrons. The van der Waals surface area contributed by atoms with Crippen LogP contribution in [0.1, 0.15) is 103 Å². The van der Waals surface area contributed by atoms with Gasteiger partial charge in [0, 0.05) is 26.4 Å². The average molecular weight is 939 g/mol. The maximum Gasteiger partial charge on any atom is 0.264 e. The molecule has 0 aromatic heterocycles. The summed E-state index contributed by atoms with van der Waals surface area (Å²) in [7, 11) is -4.47. The van der Waals surface area contributed by atoms with Crippen molar-refractivity contribution in [2.24, 2.45) is 0 Å². The van der Waals surface area contributed by atoms with Gasteiger partial charge in [-0.25, -0.2) is 16.8 Å². The van der Waals surface area contributed by atoms with Crippen molar-refractivity contribution in [3.8, 4) is 23.0 Å². The minimum absolute atomic E-state index is 0. The van der Waals surface area contributed by atoms with Gasteiger partial charge >= 0.3 is 0 Å². The van der Waals surface area contributed by atoms with E-state index in [0.717, 1.165) is 22.3 Å². The smallest absolute Gasteiger partial charge is 0.264 e. The minimum Gasteiger partial charge on any atom is -0.493 e. The molecule has 0 spiro atoms. The third kappa shape index (κ3) is 11.5. The van der Waals surface area contributed by atoms with E-state index in [1.807, 2.05) is 0 Å². The van der Waals surface area contributed by atoms with Crippen LogP contribution in [0.5, 0.6) is 23.0 Å². The number of methoxy groups -OCH3 is 2. The number of benzene rings is 4. The lowest BCUT2D eigenvalue weighted by atomic mass is 10.1. The van der Waals surface area contributed by atoms with E-state index in [0.29, 0.717) is 23.7 Å². The lowest BCUT2D eigenvalue weighted by molar-refractivity contribution is -0.115. The number of rotatable bonds is 16. The van der Waals surface area contributed by atoms with E-state index in [1.165, 1.54) is 83.5 Å². The first-order valence-electron chi connectivity index (χ1n) is 20.4. The highest BCUT2D eigenvalue weighted by Crippen LogP contribution is 2.40. The van der Waals surface area contributed by atoms with E-state index in [1.54, 1.807) is 31.2 Å². The first-order chi connectivity index (χ1) is 30.8. The summed E-state index contributed by atoms with van der Waals surface area (Å²) in [5, 5.41) is 5.07. The van der Waals surface area contributed by atoms with Gasteiger partial charge in [0.25, 0.3) is 23.6 Å². The van der Waals surface area contributed by atoms with E-state index in [4.69, 9.17) is 21.7 Å². The molecule has 2 heterocycles. The molecule has 0 saturated carbocycles. The molecule has 2 atom stereocenters. The maximum absolute atomic E-state index is 13.4. The number of hydrogen-bond donors (Lipinski definition) is 2. The van der Waals surface area contributed by atoms with Crippen LogP contribution in [0.15, 0.2) is 72.8 Å². The van der Waals surface area contributed by atoms with E-state index in [2.05, 4.69) is 10.6 Å². The Labute approximate surface area is 380 Å². The quantitative estimate of drug-likeness (QED) is 0.132. The van der Waals surface area contributed by atoms with E-state index in [9.17, 15) is 45.6 Å². The molecule has 348 valence electrons. The zero-order valence-electron chi connectivity index (χ0n) is 38.1. The number of hydrogen-bond acceptors (Lipinski definition) is 14. The van der Waals surface area contributed by atoms with Crippen LogP contribution in [0.4, 0.5) is 11.4 Å². The van der Waals surface area contributed by atoms with Crippen molar-refractivity contribution in [1.29, 1.82) is 0 Å². The summed E-state index contributed by atoms with van der Waals surface area (Å²) >= 11 is 0. The third-order valence-corrected chi connectivity index (χ3v) is 11.6. The Balaban J connectivity index is 0.000000289. The number of carbonyl (C=O) groups is 6. The van der Waals surface area contributed by atoms with Crippen molar-refractivity contribution in [2.75, 3.05) is 62.0 Å². The molecule has 20 heteroatoms. The molecule has 0 bridgehead atoms. The van der Waals surface area contributed by atoms with Crippen LogP contribution in [0.3, 0.4) is 0 Å². The van der Waals surface area contributed by atoms with Crippen molar-refractivity contribution < 1.29 is 67.3 Å². The van der Waals surface area contributed by atoms with E-state index in [-0.39, 0.29) is 58.1 Å². The van der Waals surface area contributed by atoms with E-state index < -0.39 is 85.3 Å². The van der Waals surface area contributed by atoms with Crippen LogP contribution in [-0.4, -0.2) is 113 Å². The highest BCUT2D eigenvalue weighted by Gasteiger charge is 2.45. The van der Waals surface area contributed by atoms with Gasteiger partial charge in [-0.05, 0) is 73.5 Å². The highest BCUT2D eigenvalue weighted by molar-refractivity contribution is 7.90. The number of amides is 6. The highest BCUT2D eigenvalue weighted by atomic mass is 32.2. The normalized spacial score (nSPS) is 14.6. The number of imide groups is 2. The fraction of sp³-hybridized carbons (Fsp3) is 0.333. The predicted octanol–water partition coefficient (Wildman–Crippen LogP) is 5.50. The number of nitrogens with zero attached hydrogens (tertiary/aromatic N) is 2. The van der Waals surface area contributed by atoms with Crippen molar-refractivity contribution in [2.45, 2.75) is 47.2 Å². The molecule has 0 saturated heterocycles. The summed E-state index contributed by atoms with van der Waals surface area (Å²) < 4.78 is 85.8. The Hall–Kier alpha value is -6.80. The second-order valence-electron chi connectivity index (χ2n) is 14.6. The number of ether oxygens (including phenoxy) is 4. The Morgan fingerprint density at radius 1 is 0.615 bits per heavy atom. The zero-order valence-corrected chi connectivity index (χ0v) is 37.8. The fourth-order valence-corrected chi connectivity index (χ4v) is 9.06. The number of anilines is 2. The van der Waals surface area contributed by atoms with Crippen LogP contribution in [0, 0.1) is 0 Å². The van der Waals surface area contributed by atoms with Crippen molar-refractivity contribution in [3.05, 3.63) is 106 Å². The summed E-state index contributed by atoms with van der Waals surface area (Å²) in [6.45, 7) is 3.77. The van der Waals surface area contributed by atoms with Gasteiger partial charge in [0.1, 0.15) is 19.7 Å². The average Bonchev–Trinajstić information content (AvgIpc) is 3.62. The van der Waals surface area contributed by atoms with Gasteiger partial charge in [0.2, 0.25) is 11.8 Å². The summed E-state index contributed by atoms with van der Waals surface area (Å²) in [4.78, 5) is 78.1. The molecular formula is C45H52N4O14S2. The molecule has 0 aliphatic carbocycles. The van der Waals surface area contributed by atoms with Gasteiger partial charge in [-0.2, -0.15) is 0 Å². The maximum atomic E-state index is 13.4. The first-order valence-corrected chi connectivity index (χ1v) is 23.5. The summed E-state index contributed by atoms with van der Waals surface area (Å²) in [5.41, 5.74) is 1.08. The van der Waals surface area contributed by atoms with Crippen LogP contribution in [0.25, 0.3) is 0 Å². The number of carbonyl (C=O) groups excluding carboxylic acids is 6. The second-order valence-corrected chi connectivity index (χ2v) is 18.9. The number of fused-ring (bicyclic) bond motifs is 2. The standard InChI is InChI=1S/2C22H24N2O7S.CH4/c2*1-5-31-19-11-14(9-10-18(19)30-3)17(12-32(4,28)29)24-21(26)15-7-6-8-16(23-13(2)25)20(15)22(24)27;/h2*6-11,17H,5,12H2,1-4H3,(H,23,25);1H4/i5D2;;.